The van der Waals surface area contributed by atoms with E-state index in [0.29, 0.717) is 19.5 Å². The molecule has 1 saturated carbocycles. The van der Waals surface area contributed by atoms with Gasteiger partial charge in [-0.15, -0.1) is 0 Å². The van der Waals surface area contributed by atoms with Gasteiger partial charge in [-0.25, -0.2) is 4.79 Å². The van der Waals surface area contributed by atoms with Crippen LogP contribution >= 0.6 is 0 Å². The predicted molar refractivity (Wildman–Crippen MR) is 77.7 cm³/mol. The molecule has 0 aromatic rings. The van der Waals surface area contributed by atoms with Crippen LogP contribution in [0.2, 0.25) is 0 Å². The Kier molecular flexibility index (Phi) is 5.45. The number of rotatable bonds is 4. The lowest BCUT2D eigenvalue weighted by atomic mass is 9.87. The molecule has 0 unspecified atom stereocenters. The van der Waals surface area contributed by atoms with Crippen molar-refractivity contribution < 1.29 is 19.4 Å². The van der Waals surface area contributed by atoms with Gasteiger partial charge in [-0.2, -0.15) is 0 Å². The molecule has 2 rings (SSSR count). The van der Waals surface area contributed by atoms with Crippen molar-refractivity contribution in [1.29, 1.82) is 0 Å². The number of methoxy groups -OCH3 is 1. The average Bonchev–Trinajstić information content (AvgIpc) is 3.01. The molecule has 0 spiro atoms. The quantitative estimate of drug-likeness (QED) is 0.819. The van der Waals surface area contributed by atoms with E-state index >= 15 is 0 Å². The van der Waals surface area contributed by atoms with Crippen molar-refractivity contribution in [2.45, 2.75) is 51.0 Å². The Morgan fingerprint density at radius 2 is 2.00 bits per heavy atom. The second kappa shape index (κ2) is 7.11. The number of ether oxygens (including phenoxy) is 1. The number of carbonyl (C=O) groups excluding carboxylic acids is 2. The third-order valence-corrected chi connectivity index (χ3v) is 4.85. The Balaban J connectivity index is 1.93. The van der Waals surface area contributed by atoms with Gasteiger partial charge in [-0.3, -0.25) is 9.69 Å². The summed E-state index contributed by atoms with van der Waals surface area (Å²) in [6.07, 6.45) is 6.20. The van der Waals surface area contributed by atoms with Gasteiger partial charge in [0.05, 0.1) is 13.7 Å². The SMILES string of the molecule is COC(=O)N1CCCC[C@H]1C(=O)NCC1(CO)CCCC1. The second-order valence-corrected chi connectivity index (χ2v) is 6.26. The Morgan fingerprint density at radius 1 is 1.29 bits per heavy atom. The Labute approximate surface area is 125 Å². The smallest absolute Gasteiger partial charge is 0.410 e. The van der Waals surface area contributed by atoms with Crippen LogP contribution in [0.1, 0.15) is 44.9 Å². The Morgan fingerprint density at radius 3 is 2.62 bits per heavy atom. The largest absolute Gasteiger partial charge is 0.453 e. The molecule has 1 atom stereocenters. The van der Waals surface area contributed by atoms with Crippen LogP contribution in [0.15, 0.2) is 0 Å². The number of piperidine rings is 1. The molecule has 0 aromatic carbocycles. The molecule has 0 bridgehead atoms. The minimum absolute atomic E-state index is 0.110. The van der Waals surface area contributed by atoms with E-state index in [9.17, 15) is 14.7 Å². The van der Waals surface area contributed by atoms with Gasteiger partial charge in [0.2, 0.25) is 5.91 Å². The topological polar surface area (TPSA) is 78.9 Å². The molecular weight excluding hydrogens is 272 g/mol. The van der Waals surface area contributed by atoms with Crippen LogP contribution in [0.25, 0.3) is 0 Å². The zero-order chi connectivity index (χ0) is 15.3. The van der Waals surface area contributed by atoms with Crippen molar-refractivity contribution in [3.8, 4) is 0 Å². The van der Waals surface area contributed by atoms with E-state index in [0.717, 1.165) is 38.5 Å². The molecule has 1 aliphatic heterocycles. The first kappa shape index (κ1) is 16.1. The number of nitrogens with one attached hydrogen (secondary N) is 1. The van der Waals surface area contributed by atoms with Crippen molar-refractivity contribution in [3.63, 3.8) is 0 Å². The molecule has 2 aliphatic rings. The van der Waals surface area contributed by atoms with Crippen LogP contribution in [0, 0.1) is 5.41 Å². The Hall–Kier alpha value is -1.30. The van der Waals surface area contributed by atoms with E-state index in [1.807, 2.05) is 0 Å². The maximum atomic E-state index is 12.4. The zero-order valence-electron chi connectivity index (χ0n) is 12.8. The number of likely N-dealkylation sites (tertiary alicyclic amines) is 1. The maximum absolute atomic E-state index is 12.4. The second-order valence-electron chi connectivity index (χ2n) is 6.26. The number of aliphatic hydroxyl groups is 1. The molecule has 2 N–H and O–H groups in total. The van der Waals surface area contributed by atoms with E-state index in [-0.39, 0.29) is 17.9 Å². The van der Waals surface area contributed by atoms with E-state index in [1.54, 1.807) is 0 Å². The number of carbonyl (C=O) groups is 2. The summed E-state index contributed by atoms with van der Waals surface area (Å²) in [6, 6.07) is -0.441. The van der Waals surface area contributed by atoms with Gasteiger partial charge >= 0.3 is 6.09 Å². The first-order valence-corrected chi connectivity index (χ1v) is 7.85. The minimum Gasteiger partial charge on any atom is -0.453 e. The van der Waals surface area contributed by atoms with Crippen molar-refractivity contribution in [1.82, 2.24) is 10.2 Å². The van der Waals surface area contributed by atoms with Crippen LogP contribution in [-0.4, -0.2) is 54.9 Å². The summed E-state index contributed by atoms with van der Waals surface area (Å²) in [4.78, 5) is 25.7. The summed E-state index contributed by atoms with van der Waals surface area (Å²) in [5, 5.41) is 12.5. The number of hydrogen-bond acceptors (Lipinski definition) is 4. The monoisotopic (exact) mass is 298 g/mol. The van der Waals surface area contributed by atoms with Crippen LogP contribution in [0.3, 0.4) is 0 Å². The minimum atomic E-state index is -0.441. The van der Waals surface area contributed by atoms with E-state index in [2.05, 4.69) is 5.32 Å². The molecule has 0 radical (unpaired) electrons. The van der Waals surface area contributed by atoms with Gasteiger partial charge in [-0.1, -0.05) is 12.8 Å². The molecule has 1 aliphatic carbocycles. The first-order chi connectivity index (χ1) is 10.1. The number of hydrogen-bond donors (Lipinski definition) is 2. The highest BCUT2D eigenvalue weighted by Crippen LogP contribution is 2.37. The fraction of sp³-hybridized carbons (Fsp3) is 0.867. The summed E-state index contributed by atoms with van der Waals surface area (Å²) in [5.74, 6) is -0.125. The fourth-order valence-corrected chi connectivity index (χ4v) is 3.45. The summed E-state index contributed by atoms with van der Waals surface area (Å²) >= 11 is 0. The lowest BCUT2D eigenvalue weighted by molar-refractivity contribution is -0.127. The molecule has 120 valence electrons. The summed E-state index contributed by atoms with van der Waals surface area (Å²) in [5.41, 5.74) is -0.166. The molecule has 1 saturated heterocycles. The standard InChI is InChI=1S/C15H26N2O4/c1-21-14(20)17-9-5-2-6-12(17)13(19)16-10-15(11-18)7-3-4-8-15/h12,18H,2-11H2,1H3,(H,16,19)/t12-/m0/s1. The van der Waals surface area contributed by atoms with Gasteiger partial charge in [0.25, 0.3) is 0 Å². The van der Waals surface area contributed by atoms with Gasteiger partial charge in [0.1, 0.15) is 6.04 Å². The van der Waals surface area contributed by atoms with Crippen molar-refractivity contribution in [2.24, 2.45) is 5.41 Å². The van der Waals surface area contributed by atoms with Crippen LogP contribution in [-0.2, 0) is 9.53 Å². The van der Waals surface area contributed by atoms with Gasteiger partial charge in [-0.05, 0) is 32.1 Å². The lowest BCUT2D eigenvalue weighted by Gasteiger charge is -2.34. The molecular formula is C15H26N2O4. The molecule has 6 heteroatoms. The molecule has 0 aromatic heterocycles. The molecule has 2 amide bonds. The molecule has 21 heavy (non-hydrogen) atoms. The van der Waals surface area contributed by atoms with Crippen LogP contribution < -0.4 is 5.32 Å². The molecule has 2 fully saturated rings. The van der Waals surface area contributed by atoms with Crippen molar-refractivity contribution in [2.75, 3.05) is 26.8 Å². The average molecular weight is 298 g/mol. The summed E-state index contributed by atoms with van der Waals surface area (Å²) < 4.78 is 4.76. The van der Waals surface area contributed by atoms with Crippen LogP contribution in [0.4, 0.5) is 4.79 Å². The summed E-state index contributed by atoms with van der Waals surface area (Å²) in [7, 11) is 1.34. The van der Waals surface area contributed by atoms with Gasteiger partial charge in [0, 0.05) is 18.5 Å². The lowest BCUT2D eigenvalue weighted by Crippen LogP contribution is -2.53. The highest BCUT2D eigenvalue weighted by atomic mass is 16.5. The maximum Gasteiger partial charge on any atom is 0.410 e. The van der Waals surface area contributed by atoms with Crippen LogP contribution in [0.5, 0.6) is 0 Å². The van der Waals surface area contributed by atoms with E-state index < -0.39 is 12.1 Å². The Bertz CT molecular complexity index is 380. The van der Waals surface area contributed by atoms with Gasteiger partial charge in [0.15, 0.2) is 0 Å². The first-order valence-electron chi connectivity index (χ1n) is 7.85. The highest BCUT2D eigenvalue weighted by molar-refractivity contribution is 5.85. The molecule has 1 heterocycles. The molecule has 6 nitrogen and oxygen atoms in total. The summed E-state index contributed by atoms with van der Waals surface area (Å²) in [6.45, 7) is 1.17. The zero-order valence-corrected chi connectivity index (χ0v) is 12.8. The van der Waals surface area contributed by atoms with Gasteiger partial charge < -0.3 is 15.2 Å². The van der Waals surface area contributed by atoms with E-state index in [1.165, 1.54) is 12.0 Å². The number of amides is 2. The normalized spacial score (nSPS) is 24.7. The number of aliphatic hydroxyl groups excluding tert-OH is 1. The fourth-order valence-electron chi connectivity index (χ4n) is 3.45. The van der Waals surface area contributed by atoms with Crippen molar-refractivity contribution >= 4 is 12.0 Å². The number of nitrogens with zero attached hydrogens (tertiary/aromatic N) is 1. The predicted octanol–water partition coefficient (Wildman–Crippen LogP) is 1.28. The third kappa shape index (κ3) is 3.67. The van der Waals surface area contributed by atoms with Crippen molar-refractivity contribution in [3.05, 3.63) is 0 Å². The highest BCUT2D eigenvalue weighted by Gasteiger charge is 2.36. The van der Waals surface area contributed by atoms with E-state index in [4.69, 9.17) is 4.74 Å². The third-order valence-electron chi connectivity index (χ3n) is 4.85.